The van der Waals surface area contributed by atoms with Crippen LogP contribution in [0.1, 0.15) is 0 Å². The Hall–Kier alpha value is -15.7. The van der Waals surface area contributed by atoms with E-state index in [4.69, 9.17) is 48.2 Å². The zero-order valence-corrected chi connectivity index (χ0v) is 61.2. The van der Waals surface area contributed by atoms with Gasteiger partial charge in [-0.25, -0.2) is 29.9 Å². The number of furan rings is 2. The summed E-state index contributed by atoms with van der Waals surface area (Å²) in [5.74, 6) is 6.65. The largest absolute Gasteiger partial charge is 0.457 e. The fraction of sp³-hybridized carbons (Fsp3) is 0. The minimum atomic E-state index is 0.601. The van der Waals surface area contributed by atoms with E-state index in [2.05, 4.69) is 179 Å². The quantitative estimate of drug-likeness (QED) is 0.104. The molecule has 0 amide bonds. The molecule has 0 radical (unpaired) electrons. The van der Waals surface area contributed by atoms with E-state index in [1.54, 1.807) is 0 Å². The van der Waals surface area contributed by atoms with Crippen molar-refractivity contribution in [2.75, 3.05) is 0 Å². The van der Waals surface area contributed by atoms with Gasteiger partial charge in [-0.05, 0) is 192 Å². The molecule has 6 aromatic heterocycles. The molecule has 536 valence electrons. The molecule has 0 aliphatic rings. The Morgan fingerprint density at radius 1 is 0.175 bits per heavy atom. The molecule has 0 unspecified atom stereocenters. The summed E-state index contributed by atoms with van der Waals surface area (Å²) in [6, 6.07) is 132. The molecule has 12 heteroatoms. The van der Waals surface area contributed by atoms with Crippen LogP contribution in [0.5, 0.6) is 23.0 Å². The summed E-state index contributed by atoms with van der Waals surface area (Å²) in [6.45, 7) is 0. The Bertz CT molecular complexity index is 7250. The van der Waals surface area contributed by atoms with Gasteiger partial charge in [0, 0.05) is 87.8 Å². The van der Waals surface area contributed by atoms with Crippen LogP contribution in [0.3, 0.4) is 0 Å². The van der Waals surface area contributed by atoms with Crippen LogP contribution >= 0.6 is 0 Å². The number of rotatable bonds is 14. The van der Waals surface area contributed by atoms with Crippen LogP contribution in [0.2, 0.25) is 0 Å². The zero-order valence-electron chi connectivity index (χ0n) is 61.2. The Morgan fingerprint density at radius 2 is 0.439 bits per heavy atom. The molecule has 16 aromatic carbocycles. The van der Waals surface area contributed by atoms with Gasteiger partial charge < -0.3 is 27.4 Å². The van der Waals surface area contributed by atoms with Crippen molar-refractivity contribution in [1.29, 1.82) is 0 Å². The van der Waals surface area contributed by atoms with Gasteiger partial charge in [0.25, 0.3) is 0 Å². The predicted octanol–water partition coefficient (Wildman–Crippen LogP) is 26.7. The molecule has 0 saturated heterocycles. The van der Waals surface area contributed by atoms with Gasteiger partial charge in [0.05, 0.1) is 22.1 Å². The molecule has 0 spiro atoms. The van der Waals surface area contributed by atoms with Crippen molar-refractivity contribution in [1.82, 2.24) is 39.0 Å². The van der Waals surface area contributed by atoms with E-state index in [0.717, 1.165) is 156 Å². The highest BCUT2D eigenvalue weighted by Gasteiger charge is 2.20. The van der Waals surface area contributed by atoms with Crippen LogP contribution in [0, 0.1) is 0 Å². The van der Waals surface area contributed by atoms with Crippen molar-refractivity contribution in [3.05, 3.63) is 388 Å². The normalized spacial score (nSPS) is 11.5. The van der Waals surface area contributed by atoms with Crippen LogP contribution in [-0.4, -0.2) is 39.0 Å². The van der Waals surface area contributed by atoms with Crippen molar-refractivity contribution < 1.29 is 18.3 Å². The number of benzene rings is 16. The van der Waals surface area contributed by atoms with Gasteiger partial charge in [-0.3, -0.25) is 0 Å². The lowest BCUT2D eigenvalue weighted by Gasteiger charge is -2.11. The van der Waals surface area contributed by atoms with Crippen molar-refractivity contribution in [2.24, 2.45) is 0 Å². The summed E-state index contributed by atoms with van der Waals surface area (Å²) in [4.78, 5) is 29.1. The fourth-order valence-electron chi connectivity index (χ4n) is 15.5. The van der Waals surface area contributed by atoms with Gasteiger partial charge in [-0.1, -0.05) is 218 Å². The lowest BCUT2D eigenvalue weighted by Crippen LogP contribution is -2.00. The molecule has 12 nitrogen and oxygen atoms in total. The van der Waals surface area contributed by atoms with Crippen LogP contribution in [0.25, 0.3) is 189 Å². The highest BCUT2D eigenvalue weighted by atomic mass is 16.5. The van der Waals surface area contributed by atoms with Gasteiger partial charge >= 0.3 is 0 Å². The van der Waals surface area contributed by atoms with E-state index in [-0.39, 0.29) is 0 Å². The lowest BCUT2D eigenvalue weighted by atomic mass is 10.0. The van der Waals surface area contributed by atoms with Gasteiger partial charge in [-0.15, -0.1) is 0 Å². The number of hydrogen-bond acceptors (Lipinski definition) is 10. The first-order valence-electron chi connectivity index (χ1n) is 37.8. The molecule has 22 rings (SSSR count). The molecule has 0 aliphatic carbocycles. The Morgan fingerprint density at radius 3 is 0.842 bits per heavy atom. The number of fused-ring (bicyclic) bond motifs is 12. The summed E-state index contributed by atoms with van der Waals surface area (Å²) in [5.41, 5.74) is 20.4. The van der Waals surface area contributed by atoms with Crippen LogP contribution < -0.4 is 9.47 Å². The van der Waals surface area contributed by atoms with Gasteiger partial charge in [-0.2, -0.15) is 0 Å². The molecule has 0 bridgehead atoms. The average Bonchev–Trinajstić information content (AvgIpc) is 1.59. The van der Waals surface area contributed by atoms with Crippen LogP contribution in [-0.2, 0) is 0 Å². The topological polar surface area (TPSA) is 132 Å². The second-order valence-electron chi connectivity index (χ2n) is 28.1. The molecule has 0 N–H and O–H groups in total. The third-order valence-corrected chi connectivity index (χ3v) is 21.1. The van der Waals surface area contributed by atoms with Crippen LogP contribution in [0.4, 0.5) is 0 Å². The maximum atomic E-state index is 6.35. The molecular formula is C102H64N8O4. The fourth-order valence-corrected chi connectivity index (χ4v) is 15.5. The molecule has 22 aromatic rings. The first kappa shape index (κ1) is 66.5. The number of hydrogen-bond donors (Lipinski definition) is 0. The van der Waals surface area contributed by atoms with E-state index in [0.29, 0.717) is 34.9 Å². The minimum absolute atomic E-state index is 0.601. The van der Waals surface area contributed by atoms with Gasteiger partial charge in [0.15, 0.2) is 34.9 Å². The monoisotopic (exact) mass is 1460 g/mol. The number of aromatic nitrogens is 8. The molecule has 0 fully saturated rings. The van der Waals surface area contributed by atoms with Crippen molar-refractivity contribution in [3.63, 3.8) is 0 Å². The average molecular weight is 1470 g/mol. The molecule has 0 saturated carbocycles. The highest BCUT2D eigenvalue weighted by molar-refractivity contribution is 6.13. The SMILES string of the molecule is c1ccc(-c2nc(-c3ccccc3)nc(-c3ccc(Oc4ccc(-n5c6ccccc6c6cc(-c7ccc8c(c7)oc7ccccc78)ccc65)cc4)cc3)n2)cc1.c1ccc(-c2nc(-c3ccccc3)nc(-c3ccc(Oc4ccc(-n5c6ccccc6c6cc(-c7ccc8oc9ccccc9c8c7)ccc65)cc4)cc3)n2)cc1. The van der Waals surface area contributed by atoms with Crippen LogP contribution in [0.15, 0.2) is 397 Å². The first-order chi connectivity index (χ1) is 56.4. The number of nitrogens with zero attached hydrogens (tertiary/aromatic N) is 8. The first-order valence-corrected chi connectivity index (χ1v) is 37.8. The second kappa shape index (κ2) is 28.4. The van der Waals surface area contributed by atoms with E-state index in [9.17, 15) is 0 Å². The highest BCUT2D eigenvalue weighted by Crippen LogP contribution is 2.42. The molecule has 114 heavy (non-hydrogen) atoms. The lowest BCUT2D eigenvalue weighted by molar-refractivity contribution is 0.482. The third kappa shape index (κ3) is 12.5. The number of ether oxygens (including phenoxy) is 2. The van der Waals surface area contributed by atoms with Crippen molar-refractivity contribution in [2.45, 2.75) is 0 Å². The number of para-hydroxylation sites is 4. The standard InChI is InChI=1S/2C51H32N4O2/c1-3-11-33(12-4-1)49-52-50(34-13-5-2-6-14-34)54-51(53-49)35-19-25-39(26-20-35)56-40-27-23-38(24-28-40)55-45-17-9-7-15-41(45)44-31-36(22-30-46(44)55)37-21-29-43-42-16-8-10-18-47(42)57-48(43)32-37;1-3-11-33(12-4-1)49-52-50(34-13-5-2-6-14-34)54-51(53-49)35-19-25-39(26-20-35)56-40-27-23-38(24-28-40)55-45-17-9-7-15-41(45)43-31-36(21-29-46(43)55)37-22-30-48-44(32-37)42-16-8-10-18-47(42)57-48/h2*1-32H. The summed E-state index contributed by atoms with van der Waals surface area (Å²) < 4.78 is 29.7. The Kier molecular flexibility index (Phi) is 16.6. The van der Waals surface area contributed by atoms with E-state index in [1.165, 1.54) is 21.5 Å². The summed E-state index contributed by atoms with van der Waals surface area (Å²) >= 11 is 0. The minimum Gasteiger partial charge on any atom is -0.457 e. The third-order valence-electron chi connectivity index (χ3n) is 21.1. The molecule has 6 heterocycles. The zero-order chi connectivity index (χ0) is 75.4. The summed E-state index contributed by atoms with van der Waals surface area (Å²) in [5, 5.41) is 9.32. The van der Waals surface area contributed by atoms with Gasteiger partial charge in [0.2, 0.25) is 0 Å². The molecule has 0 aliphatic heterocycles. The van der Waals surface area contributed by atoms with Crippen molar-refractivity contribution in [3.8, 4) is 125 Å². The molecule has 0 atom stereocenters. The van der Waals surface area contributed by atoms with E-state index < -0.39 is 0 Å². The smallest absolute Gasteiger partial charge is 0.164 e. The summed E-state index contributed by atoms with van der Waals surface area (Å²) in [7, 11) is 0. The Balaban J connectivity index is 0.000000143. The predicted molar refractivity (Wildman–Crippen MR) is 459 cm³/mol. The van der Waals surface area contributed by atoms with E-state index >= 15 is 0 Å². The Labute approximate surface area is 654 Å². The summed E-state index contributed by atoms with van der Waals surface area (Å²) in [6.07, 6.45) is 0. The van der Waals surface area contributed by atoms with Crippen molar-refractivity contribution >= 4 is 87.5 Å². The maximum absolute atomic E-state index is 6.35. The maximum Gasteiger partial charge on any atom is 0.164 e. The second-order valence-corrected chi connectivity index (χ2v) is 28.1. The molecular weight excluding hydrogens is 1400 g/mol. The van der Waals surface area contributed by atoms with E-state index in [1.807, 2.05) is 218 Å². The van der Waals surface area contributed by atoms with Gasteiger partial charge in [0.1, 0.15) is 45.3 Å².